The van der Waals surface area contributed by atoms with Gasteiger partial charge in [0.25, 0.3) is 0 Å². The van der Waals surface area contributed by atoms with Crippen LogP contribution in [0.1, 0.15) is 30.5 Å². The molecule has 3 heterocycles. The van der Waals surface area contributed by atoms with E-state index in [1.165, 1.54) is 33.8 Å². The van der Waals surface area contributed by atoms with Crippen molar-refractivity contribution in [1.29, 1.82) is 0 Å². The van der Waals surface area contributed by atoms with Crippen molar-refractivity contribution < 1.29 is 14.7 Å². The van der Waals surface area contributed by atoms with Crippen molar-refractivity contribution >= 4 is 46.3 Å². The Morgan fingerprint density at radius 3 is 2.05 bits per heavy atom. The van der Waals surface area contributed by atoms with Crippen molar-refractivity contribution in [2.24, 2.45) is 0 Å². The van der Waals surface area contributed by atoms with E-state index in [4.69, 9.17) is 5.11 Å². The van der Waals surface area contributed by atoms with Crippen LogP contribution < -0.4 is 0 Å². The Hall–Kier alpha value is -1.76. The molecule has 1 N–H and O–H groups in total. The molecule has 0 fully saturated rings. The van der Waals surface area contributed by atoms with Gasteiger partial charge in [-0.2, -0.15) is 0 Å². The quantitative estimate of drug-likeness (QED) is 0.648. The number of thiophene rings is 3. The van der Waals surface area contributed by atoms with E-state index in [0.29, 0.717) is 9.75 Å². The maximum absolute atomic E-state index is 11.0. The Balaban J connectivity index is 2.08. The fourth-order valence-corrected chi connectivity index (χ4v) is 5.49. The van der Waals surface area contributed by atoms with E-state index >= 15 is 0 Å². The normalized spacial score (nSPS) is 10.8. The third kappa shape index (κ3) is 2.54. The van der Waals surface area contributed by atoms with Crippen LogP contribution in [0.4, 0.5) is 0 Å². The molecule has 0 aliphatic heterocycles. The number of hydrogen-bond donors (Lipinski definition) is 1. The fourth-order valence-electron chi connectivity index (χ4n) is 2.18. The van der Waals surface area contributed by atoms with E-state index in [1.807, 2.05) is 18.2 Å². The summed E-state index contributed by atoms with van der Waals surface area (Å²) in [6, 6.07) is 7.30. The highest BCUT2D eigenvalue weighted by molar-refractivity contribution is 7.27. The van der Waals surface area contributed by atoms with E-state index < -0.39 is 5.97 Å². The number of rotatable bonds is 4. The first-order valence-electron chi connectivity index (χ1n) is 6.50. The van der Waals surface area contributed by atoms with Crippen LogP contribution in [0.25, 0.3) is 19.5 Å². The van der Waals surface area contributed by atoms with Gasteiger partial charge in [0, 0.05) is 19.5 Å². The number of carbonyl (C=O) groups excluding carboxylic acids is 1. The Kier molecular flexibility index (Phi) is 3.99. The standard InChI is InChI=1S/C16H12O3S3/c1-8-9(2)15(12-5-6-13(21-12)16(18)19)22-14(8)11-4-3-10(7-17)20-11/h3-7H,1-2H3,(H,18,19). The lowest BCUT2D eigenvalue weighted by Gasteiger charge is -1.95. The molecular weight excluding hydrogens is 336 g/mol. The molecule has 0 aromatic carbocycles. The van der Waals surface area contributed by atoms with Crippen LogP contribution in [-0.4, -0.2) is 17.4 Å². The topological polar surface area (TPSA) is 54.4 Å². The molecule has 0 atom stereocenters. The molecule has 3 aromatic heterocycles. The minimum Gasteiger partial charge on any atom is -0.477 e. The summed E-state index contributed by atoms with van der Waals surface area (Å²) >= 11 is 4.43. The number of aromatic carboxylic acids is 1. The molecule has 3 aromatic rings. The lowest BCUT2D eigenvalue weighted by molar-refractivity contribution is 0.0702. The first-order valence-corrected chi connectivity index (χ1v) is 8.95. The smallest absolute Gasteiger partial charge is 0.345 e. The molecule has 0 saturated heterocycles. The number of carboxylic acid groups (broad SMARTS) is 1. The second-order valence-electron chi connectivity index (χ2n) is 4.80. The van der Waals surface area contributed by atoms with Gasteiger partial charge in [-0.25, -0.2) is 4.79 Å². The highest BCUT2D eigenvalue weighted by atomic mass is 32.1. The molecule has 6 heteroatoms. The fraction of sp³-hybridized carbons (Fsp3) is 0.125. The molecule has 0 spiro atoms. The summed E-state index contributed by atoms with van der Waals surface area (Å²) < 4.78 is 0. The van der Waals surface area contributed by atoms with E-state index in [0.717, 1.165) is 25.8 Å². The van der Waals surface area contributed by atoms with Gasteiger partial charge in [0.05, 0.1) is 4.88 Å². The van der Waals surface area contributed by atoms with Crippen molar-refractivity contribution in [2.45, 2.75) is 13.8 Å². The van der Waals surface area contributed by atoms with E-state index in [9.17, 15) is 9.59 Å². The Morgan fingerprint density at radius 1 is 0.955 bits per heavy atom. The summed E-state index contributed by atoms with van der Waals surface area (Å²) in [6.07, 6.45) is 0.864. The van der Waals surface area contributed by atoms with E-state index in [-0.39, 0.29) is 0 Å². The molecule has 112 valence electrons. The van der Waals surface area contributed by atoms with Crippen molar-refractivity contribution in [3.63, 3.8) is 0 Å². The lowest BCUT2D eigenvalue weighted by Crippen LogP contribution is -1.89. The van der Waals surface area contributed by atoms with Gasteiger partial charge in [-0.15, -0.1) is 34.0 Å². The van der Waals surface area contributed by atoms with Crippen LogP contribution >= 0.6 is 34.0 Å². The van der Waals surface area contributed by atoms with Gasteiger partial charge in [0.1, 0.15) is 4.88 Å². The summed E-state index contributed by atoms with van der Waals surface area (Å²) in [6.45, 7) is 4.12. The van der Waals surface area contributed by atoms with Crippen molar-refractivity contribution in [3.8, 4) is 19.5 Å². The van der Waals surface area contributed by atoms with Crippen LogP contribution in [0.2, 0.25) is 0 Å². The van der Waals surface area contributed by atoms with Gasteiger partial charge in [0.15, 0.2) is 6.29 Å². The molecule has 0 saturated carbocycles. The van der Waals surface area contributed by atoms with E-state index in [1.54, 1.807) is 17.4 Å². The highest BCUT2D eigenvalue weighted by Gasteiger charge is 2.18. The molecule has 0 aliphatic carbocycles. The van der Waals surface area contributed by atoms with Gasteiger partial charge >= 0.3 is 5.97 Å². The van der Waals surface area contributed by atoms with Crippen molar-refractivity contribution in [3.05, 3.63) is 45.1 Å². The molecule has 0 radical (unpaired) electrons. The number of hydrogen-bond acceptors (Lipinski definition) is 5. The first kappa shape index (κ1) is 15.1. The average molecular weight is 348 g/mol. The van der Waals surface area contributed by atoms with Crippen LogP contribution in [0.15, 0.2) is 24.3 Å². The zero-order valence-electron chi connectivity index (χ0n) is 11.9. The summed E-state index contributed by atoms with van der Waals surface area (Å²) in [7, 11) is 0. The molecular formula is C16H12O3S3. The summed E-state index contributed by atoms with van der Waals surface area (Å²) in [5, 5.41) is 9.06. The van der Waals surface area contributed by atoms with Gasteiger partial charge in [-0.1, -0.05) is 0 Å². The summed E-state index contributed by atoms with van der Waals surface area (Å²) in [4.78, 5) is 27.3. The predicted molar refractivity (Wildman–Crippen MR) is 92.8 cm³/mol. The molecule has 0 aliphatic rings. The second kappa shape index (κ2) is 5.79. The third-order valence-corrected chi connectivity index (χ3v) is 7.29. The van der Waals surface area contributed by atoms with E-state index in [2.05, 4.69) is 13.8 Å². The van der Waals surface area contributed by atoms with Crippen molar-refractivity contribution in [2.75, 3.05) is 0 Å². The van der Waals surface area contributed by atoms with Gasteiger partial charge in [-0.3, -0.25) is 4.79 Å². The van der Waals surface area contributed by atoms with Crippen LogP contribution in [0.5, 0.6) is 0 Å². The second-order valence-corrected chi connectivity index (χ2v) is 8.02. The summed E-state index contributed by atoms with van der Waals surface area (Å²) in [5.41, 5.74) is 2.35. The maximum atomic E-state index is 11.0. The zero-order valence-corrected chi connectivity index (χ0v) is 14.3. The zero-order chi connectivity index (χ0) is 15.9. The molecule has 22 heavy (non-hydrogen) atoms. The highest BCUT2D eigenvalue weighted by Crippen LogP contribution is 2.45. The number of aldehydes is 1. The first-order chi connectivity index (χ1) is 10.5. The molecule has 0 bridgehead atoms. The largest absolute Gasteiger partial charge is 0.477 e. The van der Waals surface area contributed by atoms with Crippen LogP contribution in [0.3, 0.4) is 0 Å². The molecule has 0 unspecified atom stereocenters. The Morgan fingerprint density at radius 2 is 1.55 bits per heavy atom. The minimum atomic E-state index is -0.892. The SMILES string of the molecule is Cc1c(-c2ccc(C=O)s2)sc(-c2ccc(C(=O)O)s2)c1C. The number of carbonyl (C=O) groups is 2. The Bertz CT molecular complexity index is 867. The predicted octanol–water partition coefficient (Wildman–Crippen LogP) is 5.33. The van der Waals surface area contributed by atoms with Gasteiger partial charge in [0.2, 0.25) is 0 Å². The summed E-state index contributed by atoms with van der Waals surface area (Å²) in [5.74, 6) is -0.892. The monoisotopic (exact) mass is 348 g/mol. The van der Waals surface area contributed by atoms with Gasteiger partial charge < -0.3 is 5.11 Å². The van der Waals surface area contributed by atoms with Crippen LogP contribution in [0, 0.1) is 13.8 Å². The third-order valence-electron chi connectivity index (χ3n) is 3.46. The molecule has 3 nitrogen and oxygen atoms in total. The maximum Gasteiger partial charge on any atom is 0.345 e. The van der Waals surface area contributed by atoms with Gasteiger partial charge in [-0.05, 0) is 49.2 Å². The van der Waals surface area contributed by atoms with Crippen LogP contribution in [-0.2, 0) is 0 Å². The van der Waals surface area contributed by atoms with Crippen molar-refractivity contribution in [1.82, 2.24) is 0 Å². The lowest BCUT2D eigenvalue weighted by atomic mass is 10.1. The Labute approximate surface area is 139 Å². The molecule has 0 amide bonds. The number of carboxylic acids is 1. The minimum absolute atomic E-state index is 0.348. The average Bonchev–Trinajstić information content (AvgIpc) is 3.20. The molecule has 3 rings (SSSR count).